The van der Waals surface area contributed by atoms with Gasteiger partial charge in [0.2, 0.25) is 0 Å². The number of nitrogens with zero attached hydrogens (tertiary/aromatic N) is 2. The molecule has 0 spiro atoms. The van der Waals surface area contributed by atoms with Crippen molar-refractivity contribution < 1.29 is 0 Å². The topological polar surface area (TPSA) is 25.8 Å². The first-order chi connectivity index (χ1) is 5.47. The molecule has 0 atom stereocenters. The lowest BCUT2D eigenvalue weighted by Gasteiger charge is -2.03. The van der Waals surface area contributed by atoms with Gasteiger partial charge in [-0.2, -0.15) is 0 Å². The van der Waals surface area contributed by atoms with Crippen molar-refractivity contribution in [1.82, 2.24) is 9.97 Å². The van der Waals surface area contributed by atoms with Crippen LogP contribution in [0.15, 0.2) is 18.6 Å². The van der Waals surface area contributed by atoms with E-state index < -0.39 is 0 Å². The standard InChI is InChI=1S/C9H7N2/c1-2-4-8(3-1)9-5-6-10-7-11-9/h1-7H. The maximum atomic E-state index is 4.11. The van der Waals surface area contributed by atoms with Crippen LogP contribution in [0.4, 0.5) is 0 Å². The maximum Gasteiger partial charge on any atom is 0.115 e. The molecule has 1 saturated carbocycles. The predicted octanol–water partition coefficient (Wildman–Crippen LogP) is 1.23. The summed E-state index contributed by atoms with van der Waals surface area (Å²) in [6.45, 7) is 0. The second kappa shape index (κ2) is 2.99. The first kappa shape index (κ1) is 6.77. The van der Waals surface area contributed by atoms with Gasteiger partial charge in [-0.25, -0.2) is 9.97 Å². The fraction of sp³-hybridized carbons (Fsp3) is 0. The molecule has 2 heteroatoms. The van der Waals surface area contributed by atoms with Crippen molar-refractivity contribution in [2.24, 2.45) is 0 Å². The molecule has 1 aromatic heterocycles. The van der Waals surface area contributed by atoms with E-state index in [1.54, 1.807) is 12.5 Å². The van der Waals surface area contributed by atoms with Crippen LogP contribution in [0.25, 0.3) is 0 Å². The summed E-state index contributed by atoms with van der Waals surface area (Å²) in [5.41, 5.74) is 0.977. The van der Waals surface area contributed by atoms with Crippen molar-refractivity contribution in [2.75, 3.05) is 0 Å². The van der Waals surface area contributed by atoms with Gasteiger partial charge in [0.15, 0.2) is 0 Å². The van der Waals surface area contributed by atoms with E-state index in [4.69, 9.17) is 0 Å². The zero-order valence-electron chi connectivity index (χ0n) is 5.94. The smallest absolute Gasteiger partial charge is 0.115 e. The minimum Gasteiger partial charge on any atom is -0.245 e. The largest absolute Gasteiger partial charge is 0.245 e. The van der Waals surface area contributed by atoms with Crippen LogP contribution in [0.3, 0.4) is 0 Å². The molecular weight excluding hydrogens is 136 g/mol. The summed E-state index contributed by atoms with van der Waals surface area (Å²) in [7, 11) is 0. The summed E-state index contributed by atoms with van der Waals surface area (Å²) in [5, 5.41) is 0. The Morgan fingerprint density at radius 2 is 1.91 bits per heavy atom. The van der Waals surface area contributed by atoms with E-state index in [1.165, 1.54) is 0 Å². The number of aromatic nitrogens is 2. The van der Waals surface area contributed by atoms with Crippen molar-refractivity contribution in [1.29, 1.82) is 0 Å². The average Bonchev–Trinajstić information content (AvgIpc) is 2.58. The molecule has 2 nitrogen and oxygen atoms in total. The molecular formula is C9H7N2. The lowest BCUT2D eigenvalue weighted by atomic mass is 10.0. The summed E-state index contributed by atoms with van der Waals surface area (Å²) in [6.07, 6.45) is 11.4. The Morgan fingerprint density at radius 3 is 2.55 bits per heavy atom. The molecule has 0 aliphatic heterocycles. The van der Waals surface area contributed by atoms with Gasteiger partial charge in [-0.05, 0) is 31.7 Å². The van der Waals surface area contributed by atoms with Crippen molar-refractivity contribution in [3.63, 3.8) is 0 Å². The minimum atomic E-state index is 0.977. The maximum absolute atomic E-state index is 4.11. The predicted molar refractivity (Wildman–Crippen MR) is 41.6 cm³/mol. The molecule has 1 aromatic rings. The number of hydrogen-bond acceptors (Lipinski definition) is 2. The van der Waals surface area contributed by atoms with Crippen molar-refractivity contribution in [3.8, 4) is 0 Å². The molecule has 0 N–H and O–H groups in total. The summed E-state index contributed by atoms with van der Waals surface area (Å²) in [4.78, 5) is 7.95. The van der Waals surface area contributed by atoms with Gasteiger partial charge < -0.3 is 0 Å². The van der Waals surface area contributed by atoms with E-state index in [0.29, 0.717) is 0 Å². The second-order valence-corrected chi connectivity index (χ2v) is 2.27. The van der Waals surface area contributed by atoms with Gasteiger partial charge in [-0.3, -0.25) is 0 Å². The van der Waals surface area contributed by atoms with Crippen molar-refractivity contribution in [2.45, 2.75) is 0 Å². The fourth-order valence-electron chi connectivity index (χ4n) is 1.01. The van der Waals surface area contributed by atoms with Crippen molar-refractivity contribution >= 4 is 0 Å². The molecule has 0 unspecified atom stereocenters. The first-order valence-corrected chi connectivity index (χ1v) is 3.45. The van der Waals surface area contributed by atoms with E-state index in [0.717, 1.165) is 11.6 Å². The molecule has 1 aliphatic carbocycles. The van der Waals surface area contributed by atoms with Gasteiger partial charge in [0.05, 0.1) is 5.69 Å². The number of rotatable bonds is 1. The van der Waals surface area contributed by atoms with Gasteiger partial charge in [-0.1, -0.05) is 0 Å². The molecule has 5 radical (unpaired) electrons. The Kier molecular flexibility index (Phi) is 1.84. The minimum absolute atomic E-state index is 0.977. The van der Waals surface area contributed by atoms with E-state index in [-0.39, 0.29) is 0 Å². The Bertz CT molecular complexity index is 214. The monoisotopic (exact) mass is 143 g/mol. The molecule has 0 amide bonds. The molecule has 0 bridgehead atoms. The Labute approximate surface area is 66.7 Å². The van der Waals surface area contributed by atoms with Crippen LogP contribution >= 0.6 is 0 Å². The summed E-state index contributed by atoms with van der Waals surface area (Å²) in [6, 6.07) is 1.90. The molecule has 0 aromatic carbocycles. The normalized spacial score (nSPS) is 18.9. The highest BCUT2D eigenvalue weighted by Crippen LogP contribution is 2.27. The van der Waals surface area contributed by atoms with Gasteiger partial charge in [0, 0.05) is 12.1 Å². The molecule has 1 heterocycles. The molecule has 2 rings (SSSR count). The van der Waals surface area contributed by atoms with Gasteiger partial charge in [0.1, 0.15) is 6.33 Å². The molecule has 11 heavy (non-hydrogen) atoms. The molecule has 1 aliphatic rings. The van der Waals surface area contributed by atoms with Gasteiger partial charge in [-0.15, -0.1) is 0 Å². The van der Waals surface area contributed by atoms with Crippen molar-refractivity contribution in [3.05, 3.63) is 55.9 Å². The third kappa shape index (κ3) is 1.39. The quantitative estimate of drug-likeness (QED) is 0.591. The lowest BCUT2D eigenvalue weighted by Crippen LogP contribution is -1.97. The van der Waals surface area contributed by atoms with Crippen LogP contribution in [0.5, 0.6) is 0 Å². The summed E-state index contributed by atoms with van der Waals surface area (Å²) in [5.74, 6) is 1.15. The van der Waals surface area contributed by atoms with Gasteiger partial charge >= 0.3 is 0 Å². The van der Waals surface area contributed by atoms with Crippen LogP contribution < -0.4 is 0 Å². The zero-order valence-corrected chi connectivity index (χ0v) is 5.94. The molecule has 1 fully saturated rings. The van der Waals surface area contributed by atoms with Gasteiger partial charge in [0.25, 0.3) is 0 Å². The fourth-order valence-corrected chi connectivity index (χ4v) is 1.01. The van der Waals surface area contributed by atoms with Crippen LogP contribution in [-0.2, 0) is 0 Å². The van der Waals surface area contributed by atoms with E-state index in [1.807, 2.05) is 31.7 Å². The third-order valence-corrected chi connectivity index (χ3v) is 1.54. The number of hydrogen-bond donors (Lipinski definition) is 0. The van der Waals surface area contributed by atoms with Crippen LogP contribution in [0.1, 0.15) is 5.69 Å². The van der Waals surface area contributed by atoms with E-state index >= 15 is 0 Å². The molecule has 0 saturated heterocycles. The average molecular weight is 143 g/mol. The van der Waals surface area contributed by atoms with Crippen LogP contribution in [-0.4, -0.2) is 9.97 Å². The SMILES string of the molecule is [CH]1[CH][CH][C](c2ccncn2)[CH]1. The van der Waals surface area contributed by atoms with Crippen LogP contribution in [0, 0.1) is 31.6 Å². The lowest BCUT2D eigenvalue weighted by molar-refractivity contribution is 1.07. The molecule has 53 valence electrons. The van der Waals surface area contributed by atoms with E-state index in [2.05, 4.69) is 9.97 Å². The second-order valence-electron chi connectivity index (χ2n) is 2.27. The Balaban J connectivity index is 2.16. The Hall–Kier alpha value is -0.920. The third-order valence-electron chi connectivity index (χ3n) is 1.54. The zero-order chi connectivity index (χ0) is 7.52. The highest BCUT2D eigenvalue weighted by atomic mass is 14.8. The first-order valence-electron chi connectivity index (χ1n) is 3.45. The summed E-state index contributed by atoms with van der Waals surface area (Å²) < 4.78 is 0. The van der Waals surface area contributed by atoms with E-state index in [9.17, 15) is 0 Å². The summed E-state index contributed by atoms with van der Waals surface area (Å²) >= 11 is 0. The van der Waals surface area contributed by atoms with Crippen LogP contribution in [0.2, 0.25) is 0 Å². The highest BCUT2D eigenvalue weighted by Gasteiger charge is 2.19. The Morgan fingerprint density at radius 1 is 1.09 bits per heavy atom. The highest BCUT2D eigenvalue weighted by molar-refractivity contribution is 5.46.